The number of nitrogens with zero attached hydrogens (tertiary/aromatic N) is 4. The average Bonchev–Trinajstić information content (AvgIpc) is 3.17. The van der Waals surface area contributed by atoms with E-state index in [0.29, 0.717) is 31.5 Å². The lowest BCUT2D eigenvalue weighted by Crippen LogP contribution is -2.29. The van der Waals surface area contributed by atoms with Crippen molar-refractivity contribution in [1.29, 1.82) is 0 Å². The highest BCUT2D eigenvalue weighted by atomic mass is 32.2. The maximum atomic E-state index is 13.2. The van der Waals surface area contributed by atoms with Crippen LogP contribution in [0.2, 0.25) is 0 Å². The maximum Gasteiger partial charge on any atom is 0.273 e. The molecule has 1 fully saturated rings. The molecule has 3 heterocycles. The zero-order valence-corrected chi connectivity index (χ0v) is 17.7. The van der Waals surface area contributed by atoms with E-state index in [1.807, 2.05) is 36.1 Å². The molecule has 2 aromatic rings. The van der Waals surface area contributed by atoms with E-state index in [2.05, 4.69) is 11.6 Å². The third-order valence-corrected chi connectivity index (χ3v) is 7.01. The van der Waals surface area contributed by atoms with Crippen LogP contribution >= 0.6 is 35.7 Å². The topological polar surface area (TPSA) is 58.4 Å². The Hall–Kier alpha value is -2.36. The van der Waals surface area contributed by atoms with Crippen LogP contribution in [0, 0.1) is 6.92 Å². The Morgan fingerprint density at radius 3 is 2.61 bits per heavy atom. The summed E-state index contributed by atoms with van der Waals surface area (Å²) in [5.74, 6) is 0.351. The number of carbonyl (C=O) groups is 1. The normalized spacial score (nSPS) is 18.8. The van der Waals surface area contributed by atoms with E-state index >= 15 is 0 Å². The number of hydrogen-bond acceptors (Lipinski definition) is 7. The Bertz CT molecular complexity index is 1110. The number of fused-ring (bicyclic) bond motifs is 1. The Kier molecular flexibility index (Phi) is 4.90. The summed E-state index contributed by atoms with van der Waals surface area (Å²) in [4.78, 5) is 34.5. The third-order valence-electron chi connectivity index (χ3n) is 4.34. The van der Waals surface area contributed by atoms with E-state index in [-0.39, 0.29) is 11.5 Å². The summed E-state index contributed by atoms with van der Waals surface area (Å²) in [6.07, 6.45) is 3.20. The Morgan fingerprint density at radius 2 is 1.93 bits per heavy atom. The van der Waals surface area contributed by atoms with Crippen molar-refractivity contribution in [3.8, 4) is 0 Å². The van der Waals surface area contributed by atoms with Crippen LogP contribution in [0.5, 0.6) is 0 Å². The van der Waals surface area contributed by atoms with Crippen molar-refractivity contribution in [3.63, 3.8) is 0 Å². The van der Waals surface area contributed by atoms with Gasteiger partial charge in [-0.15, -0.1) is 6.58 Å². The first kappa shape index (κ1) is 19.0. The molecule has 0 atom stereocenters. The van der Waals surface area contributed by atoms with Gasteiger partial charge in [-0.3, -0.25) is 14.5 Å². The van der Waals surface area contributed by atoms with E-state index in [1.165, 1.54) is 39.3 Å². The van der Waals surface area contributed by atoms with E-state index in [0.717, 1.165) is 11.3 Å². The molecule has 9 heteroatoms. The number of amides is 1. The summed E-state index contributed by atoms with van der Waals surface area (Å²) in [7, 11) is 1.66. The number of hydrogen-bond donors (Lipinski definition) is 0. The molecule has 28 heavy (non-hydrogen) atoms. The van der Waals surface area contributed by atoms with Crippen molar-refractivity contribution < 1.29 is 4.79 Å². The molecular formula is C19H16N4O2S3. The van der Waals surface area contributed by atoms with E-state index in [1.54, 1.807) is 13.1 Å². The number of aryl methyl sites for hydroxylation is 2. The Balaban J connectivity index is 1.80. The summed E-state index contributed by atoms with van der Waals surface area (Å²) >= 11 is 7.99. The van der Waals surface area contributed by atoms with Gasteiger partial charge in [0, 0.05) is 13.6 Å². The van der Waals surface area contributed by atoms with Gasteiger partial charge < -0.3 is 9.47 Å². The summed E-state index contributed by atoms with van der Waals surface area (Å²) in [6, 6.07) is 7.64. The van der Waals surface area contributed by atoms with Gasteiger partial charge in [-0.25, -0.2) is 4.98 Å². The van der Waals surface area contributed by atoms with Crippen LogP contribution in [0.1, 0.15) is 5.56 Å². The fourth-order valence-electron chi connectivity index (χ4n) is 2.92. The Morgan fingerprint density at radius 1 is 1.21 bits per heavy atom. The number of aromatic nitrogens is 2. The van der Waals surface area contributed by atoms with Crippen molar-refractivity contribution in [1.82, 2.24) is 9.55 Å². The molecule has 0 N–H and O–H groups in total. The van der Waals surface area contributed by atoms with Crippen LogP contribution in [0.25, 0.3) is 0 Å². The van der Waals surface area contributed by atoms with Gasteiger partial charge >= 0.3 is 0 Å². The molecule has 2 aliphatic rings. The molecule has 0 aliphatic carbocycles. The van der Waals surface area contributed by atoms with Crippen LogP contribution in [0.15, 0.2) is 62.9 Å². The lowest BCUT2D eigenvalue weighted by Gasteiger charge is -2.18. The number of thiocarbonyl (C=S) groups is 1. The molecule has 0 unspecified atom stereocenters. The summed E-state index contributed by atoms with van der Waals surface area (Å²) in [5.41, 5.74) is 1.69. The first-order chi connectivity index (χ1) is 13.4. The first-order valence-corrected chi connectivity index (χ1v) is 10.5. The summed E-state index contributed by atoms with van der Waals surface area (Å²) in [5, 5.41) is 0.665. The van der Waals surface area contributed by atoms with Crippen LogP contribution in [-0.2, 0) is 11.8 Å². The quantitative estimate of drug-likeness (QED) is 0.422. The molecule has 0 saturated carbocycles. The number of carbonyl (C=O) groups excluding carboxylic acids is 1. The highest BCUT2D eigenvalue weighted by Crippen LogP contribution is 2.48. The number of thioether (sulfide) groups is 2. The van der Waals surface area contributed by atoms with Crippen molar-refractivity contribution in [2.45, 2.75) is 11.8 Å². The number of benzene rings is 1. The molecule has 4 rings (SSSR count). The standard InChI is InChI=1S/C19H16N4O2S3/c1-4-9-22-15-13(16(24)21(3)10-20-15)27-18(22)14-17(25)23(19(26)28-14)12-7-5-11(2)6-8-12/h4-8,10H,1,9H2,2-3H3. The lowest BCUT2D eigenvalue weighted by atomic mass is 10.2. The second kappa shape index (κ2) is 7.23. The van der Waals surface area contributed by atoms with Gasteiger partial charge in [-0.05, 0) is 19.1 Å². The minimum absolute atomic E-state index is 0.145. The molecule has 6 nitrogen and oxygen atoms in total. The second-order valence-corrected chi connectivity index (χ2v) is 8.94. The molecule has 0 radical (unpaired) electrons. The maximum absolute atomic E-state index is 13.2. The molecule has 0 bridgehead atoms. The summed E-state index contributed by atoms with van der Waals surface area (Å²) < 4.78 is 1.89. The van der Waals surface area contributed by atoms with E-state index in [4.69, 9.17) is 12.2 Å². The molecule has 142 valence electrons. The van der Waals surface area contributed by atoms with E-state index < -0.39 is 0 Å². The lowest BCUT2D eigenvalue weighted by molar-refractivity contribution is -0.113. The molecule has 1 aromatic carbocycles. The van der Waals surface area contributed by atoms with Crippen molar-refractivity contribution >= 4 is 57.5 Å². The third kappa shape index (κ3) is 2.99. The smallest absolute Gasteiger partial charge is 0.273 e. The van der Waals surface area contributed by atoms with Gasteiger partial charge in [0.15, 0.2) is 10.1 Å². The second-order valence-electron chi connectivity index (χ2n) is 6.29. The van der Waals surface area contributed by atoms with Crippen LogP contribution in [0.4, 0.5) is 11.5 Å². The highest BCUT2D eigenvalue weighted by Gasteiger charge is 2.40. The monoisotopic (exact) mass is 428 g/mol. The molecule has 1 amide bonds. The molecular weight excluding hydrogens is 412 g/mol. The van der Waals surface area contributed by atoms with Crippen molar-refractivity contribution in [3.05, 3.63) is 69.1 Å². The fourth-order valence-corrected chi connectivity index (χ4v) is 5.57. The Labute approximate surface area is 175 Å². The van der Waals surface area contributed by atoms with E-state index in [9.17, 15) is 9.59 Å². The minimum atomic E-state index is -0.194. The van der Waals surface area contributed by atoms with Crippen molar-refractivity contribution in [2.75, 3.05) is 16.3 Å². The van der Waals surface area contributed by atoms with Gasteiger partial charge in [-0.2, -0.15) is 0 Å². The largest absolute Gasteiger partial charge is 0.315 e. The SMILES string of the molecule is C=CCN1C(=C2SC(=S)N(c3ccc(C)cc3)C2=O)Sc2c1ncn(C)c2=O. The zero-order chi connectivity index (χ0) is 20.0. The molecule has 1 saturated heterocycles. The predicted octanol–water partition coefficient (Wildman–Crippen LogP) is 3.42. The van der Waals surface area contributed by atoms with Crippen LogP contribution < -0.4 is 15.4 Å². The van der Waals surface area contributed by atoms with Gasteiger partial charge in [0.1, 0.15) is 14.8 Å². The van der Waals surface area contributed by atoms with Crippen molar-refractivity contribution in [2.24, 2.45) is 7.05 Å². The van der Waals surface area contributed by atoms with Gasteiger partial charge in [0.05, 0.1) is 12.0 Å². The molecule has 1 aromatic heterocycles. The predicted molar refractivity (Wildman–Crippen MR) is 119 cm³/mol. The van der Waals surface area contributed by atoms with Gasteiger partial charge in [0.2, 0.25) is 0 Å². The number of rotatable bonds is 3. The number of anilines is 2. The van der Waals surface area contributed by atoms with Gasteiger partial charge in [0.25, 0.3) is 11.5 Å². The van der Waals surface area contributed by atoms with Crippen LogP contribution in [-0.4, -0.2) is 26.3 Å². The molecule has 2 aliphatic heterocycles. The summed E-state index contributed by atoms with van der Waals surface area (Å²) in [6.45, 7) is 6.21. The van der Waals surface area contributed by atoms with Gasteiger partial charge in [-0.1, -0.05) is 59.5 Å². The fraction of sp³-hybridized carbons (Fsp3) is 0.158. The minimum Gasteiger partial charge on any atom is -0.315 e. The average molecular weight is 429 g/mol. The zero-order valence-electron chi connectivity index (χ0n) is 15.2. The van der Waals surface area contributed by atoms with Crippen LogP contribution in [0.3, 0.4) is 0 Å². The molecule has 0 spiro atoms. The highest BCUT2D eigenvalue weighted by molar-refractivity contribution is 8.27. The first-order valence-electron chi connectivity index (χ1n) is 8.41.